The highest BCUT2D eigenvalue weighted by Gasteiger charge is 2.37. The van der Waals surface area contributed by atoms with Crippen molar-refractivity contribution in [2.24, 2.45) is 5.73 Å². The van der Waals surface area contributed by atoms with Crippen molar-refractivity contribution in [3.63, 3.8) is 0 Å². The molecule has 0 aliphatic heterocycles. The topological polar surface area (TPSA) is 63.3 Å². The molecule has 1 aliphatic rings. The van der Waals surface area contributed by atoms with Crippen molar-refractivity contribution < 1.29 is 23.1 Å². The Labute approximate surface area is 141 Å². The van der Waals surface area contributed by atoms with E-state index in [0.717, 1.165) is 12.2 Å². The molecule has 1 aromatic carbocycles. The smallest absolute Gasteiger partial charge is 0.412 e. The molecule has 7 heteroatoms. The predicted octanol–water partition coefficient (Wildman–Crippen LogP) is 4.16. The molecule has 1 aliphatic carbocycles. The van der Waals surface area contributed by atoms with Crippen LogP contribution in [0, 0.1) is 0 Å². The monoisotopic (exact) mass is 357 g/mol. The standard InChI is InChI=1S/C17H15ClF3NO2/c1-16(9-23,13-8-11(18)4-7-15(13)24)12-5-2-10(17(19,20)21)3-6-14(12)22/h2,4-9,24H,3,22H2,1H3. The summed E-state index contributed by atoms with van der Waals surface area (Å²) in [6.45, 7) is 1.46. The number of aldehydes is 1. The number of nitrogens with two attached hydrogens (primary N) is 1. The number of hydrogen-bond donors (Lipinski definition) is 2. The van der Waals surface area contributed by atoms with Crippen LogP contribution >= 0.6 is 11.6 Å². The Kier molecular flexibility index (Phi) is 4.80. The minimum absolute atomic E-state index is 0.0412. The fraction of sp³-hybridized carbons (Fsp3) is 0.235. The lowest BCUT2D eigenvalue weighted by atomic mass is 9.75. The predicted molar refractivity (Wildman–Crippen MR) is 85.6 cm³/mol. The van der Waals surface area contributed by atoms with E-state index in [4.69, 9.17) is 17.3 Å². The van der Waals surface area contributed by atoms with E-state index in [0.29, 0.717) is 6.29 Å². The molecule has 1 atom stereocenters. The van der Waals surface area contributed by atoms with Crippen LogP contribution in [0.15, 0.2) is 53.3 Å². The van der Waals surface area contributed by atoms with Crippen molar-refractivity contribution in [3.8, 4) is 5.75 Å². The molecule has 3 N–H and O–H groups in total. The van der Waals surface area contributed by atoms with Gasteiger partial charge in [-0.1, -0.05) is 29.8 Å². The normalized spacial score (nSPS) is 18.0. The quantitative estimate of drug-likeness (QED) is 0.798. The minimum atomic E-state index is -4.49. The number of carbonyl (C=O) groups excluding carboxylic acids is 1. The number of benzene rings is 1. The molecule has 2 rings (SSSR count). The second-order valence-electron chi connectivity index (χ2n) is 5.62. The second-order valence-corrected chi connectivity index (χ2v) is 6.05. The molecule has 0 saturated heterocycles. The van der Waals surface area contributed by atoms with Gasteiger partial charge in [0.05, 0.1) is 5.41 Å². The lowest BCUT2D eigenvalue weighted by molar-refractivity contribution is -0.111. The van der Waals surface area contributed by atoms with Gasteiger partial charge in [0.15, 0.2) is 0 Å². The number of rotatable bonds is 3. The van der Waals surface area contributed by atoms with Gasteiger partial charge in [0.2, 0.25) is 0 Å². The molecule has 128 valence electrons. The van der Waals surface area contributed by atoms with Crippen molar-refractivity contribution in [1.82, 2.24) is 0 Å². The zero-order chi connectivity index (χ0) is 18.1. The molecule has 0 fully saturated rings. The van der Waals surface area contributed by atoms with Crippen LogP contribution in [0.4, 0.5) is 13.2 Å². The molecule has 0 spiro atoms. The molecule has 1 unspecified atom stereocenters. The molecule has 0 radical (unpaired) electrons. The lowest BCUT2D eigenvalue weighted by Crippen LogP contribution is -2.29. The lowest BCUT2D eigenvalue weighted by Gasteiger charge is -2.28. The maximum Gasteiger partial charge on any atom is 0.412 e. The Balaban J connectivity index is 2.64. The first kappa shape index (κ1) is 18.1. The van der Waals surface area contributed by atoms with Crippen LogP contribution in [0.1, 0.15) is 18.9 Å². The number of phenolic OH excluding ortho intramolecular Hbond substituents is 1. The highest BCUT2D eigenvalue weighted by Crippen LogP contribution is 2.41. The van der Waals surface area contributed by atoms with E-state index < -0.39 is 23.6 Å². The van der Waals surface area contributed by atoms with Crippen LogP contribution in [0.2, 0.25) is 5.02 Å². The van der Waals surface area contributed by atoms with E-state index in [9.17, 15) is 23.1 Å². The number of halogens is 4. The summed E-state index contributed by atoms with van der Waals surface area (Å²) in [4.78, 5) is 11.8. The second kappa shape index (κ2) is 6.36. The largest absolute Gasteiger partial charge is 0.508 e. The SMILES string of the molecule is CC(C=O)(C1=CC=C(C(F)(F)F)CC=C1N)c1cc(Cl)ccc1O. The van der Waals surface area contributed by atoms with E-state index in [1.165, 1.54) is 31.2 Å². The first-order valence-electron chi connectivity index (χ1n) is 6.99. The van der Waals surface area contributed by atoms with Gasteiger partial charge in [0, 0.05) is 21.9 Å². The Morgan fingerprint density at radius 1 is 1.29 bits per heavy atom. The summed E-state index contributed by atoms with van der Waals surface area (Å²) in [7, 11) is 0. The number of alkyl halides is 3. The first-order valence-corrected chi connectivity index (χ1v) is 7.37. The highest BCUT2D eigenvalue weighted by molar-refractivity contribution is 6.30. The summed E-state index contributed by atoms with van der Waals surface area (Å²) in [6.07, 6.45) is -1.09. The molecule has 0 amide bonds. The van der Waals surface area contributed by atoms with E-state index in [2.05, 4.69) is 0 Å². The third kappa shape index (κ3) is 3.33. The van der Waals surface area contributed by atoms with Crippen LogP contribution in [0.3, 0.4) is 0 Å². The summed E-state index contributed by atoms with van der Waals surface area (Å²) in [5, 5.41) is 10.3. The van der Waals surface area contributed by atoms with Crippen molar-refractivity contribution in [2.75, 3.05) is 0 Å². The number of phenols is 1. The third-order valence-corrected chi connectivity index (χ3v) is 4.22. The van der Waals surface area contributed by atoms with Gasteiger partial charge < -0.3 is 15.6 Å². The van der Waals surface area contributed by atoms with E-state index in [-0.39, 0.29) is 27.6 Å². The molecule has 0 heterocycles. The zero-order valence-corrected chi connectivity index (χ0v) is 13.4. The van der Waals surface area contributed by atoms with Crippen molar-refractivity contribution in [3.05, 3.63) is 63.9 Å². The number of allylic oxidation sites excluding steroid dienone is 5. The Bertz CT molecular complexity index is 766. The van der Waals surface area contributed by atoms with Crippen LogP contribution in [-0.2, 0) is 10.2 Å². The van der Waals surface area contributed by atoms with Gasteiger partial charge in [-0.25, -0.2) is 0 Å². The van der Waals surface area contributed by atoms with Gasteiger partial charge in [-0.05, 0) is 37.1 Å². The van der Waals surface area contributed by atoms with E-state index in [1.54, 1.807) is 0 Å². The van der Waals surface area contributed by atoms with Gasteiger partial charge in [0.1, 0.15) is 12.0 Å². The van der Waals surface area contributed by atoms with Crippen LogP contribution in [-0.4, -0.2) is 17.6 Å². The van der Waals surface area contributed by atoms with Gasteiger partial charge in [-0.2, -0.15) is 13.2 Å². The van der Waals surface area contributed by atoms with Gasteiger partial charge in [-0.15, -0.1) is 0 Å². The van der Waals surface area contributed by atoms with Gasteiger partial charge in [-0.3, -0.25) is 0 Å². The Morgan fingerprint density at radius 3 is 2.54 bits per heavy atom. The molecule has 0 bridgehead atoms. The number of aromatic hydroxyl groups is 1. The highest BCUT2D eigenvalue weighted by atomic mass is 35.5. The fourth-order valence-electron chi connectivity index (χ4n) is 2.56. The molecule has 1 aromatic rings. The average Bonchev–Trinajstić information content (AvgIpc) is 2.71. The fourth-order valence-corrected chi connectivity index (χ4v) is 2.73. The van der Waals surface area contributed by atoms with E-state index in [1.807, 2.05) is 0 Å². The van der Waals surface area contributed by atoms with Crippen LogP contribution in [0.25, 0.3) is 0 Å². The minimum Gasteiger partial charge on any atom is -0.508 e. The molecule has 0 saturated carbocycles. The summed E-state index contributed by atoms with van der Waals surface area (Å²) < 4.78 is 38.7. The van der Waals surface area contributed by atoms with Gasteiger partial charge >= 0.3 is 6.18 Å². The summed E-state index contributed by atoms with van der Waals surface area (Å²) >= 11 is 5.92. The Hall–Kier alpha value is -2.21. The van der Waals surface area contributed by atoms with Crippen molar-refractivity contribution >= 4 is 17.9 Å². The van der Waals surface area contributed by atoms with Gasteiger partial charge in [0.25, 0.3) is 0 Å². The molecule has 24 heavy (non-hydrogen) atoms. The molecule has 0 aromatic heterocycles. The number of carbonyl (C=O) groups is 1. The molecule has 3 nitrogen and oxygen atoms in total. The third-order valence-electron chi connectivity index (χ3n) is 3.98. The van der Waals surface area contributed by atoms with E-state index >= 15 is 0 Å². The average molecular weight is 358 g/mol. The summed E-state index contributed by atoms with van der Waals surface area (Å²) in [6, 6.07) is 4.14. The zero-order valence-electron chi connectivity index (χ0n) is 12.7. The molecular weight excluding hydrogens is 343 g/mol. The molecular formula is C17H15ClF3NO2. The maximum absolute atomic E-state index is 12.9. The number of hydrogen-bond acceptors (Lipinski definition) is 3. The first-order chi connectivity index (χ1) is 11.1. The summed E-state index contributed by atoms with van der Waals surface area (Å²) in [5.41, 5.74) is 4.03. The van der Waals surface area contributed by atoms with Crippen molar-refractivity contribution in [2.45, 2.75) is 24.9 Å². The van der Waals surface area contributed by atoms with Crippen molar-refractivity contribution in [1.29, 1.82) is 0 Å². The maximum atomic E-state index is 12.9. The van der Waals surface area contributed by atoms with Crippen LogP contribution in [0.5, 0.6) is 5.75 Å². The summed E-state index contributed by atoms with van der Waals surface area (Å²) in [5.74, 6) is -0.202. The Morgan fingerprint density at radius 2 is 1.96 bits per heavy atom. The van der Waals surface area contributed by atoms with Crippen LogP contribution < -0.4 is 5.73 Å².